The van der Waals surface area contributed by atoms with Crippen LogP contribution in [0.3, 0.4) is 0 Å². The number of hydrogen-bond acceptors (Lipinski definition) is 6. The zero-order chi connectivity index (χ0) is 43.0. The van der Waals surface area contributed by atoms with Gasteiger partial charge in [-0.3, -0.25) is 14.4 Å². The molecular formula is C53H98O6. The summed E-state index contributed by atoms with van der Waals surface area (Å²) in [6.45, 7) is 6.62. The third-order valence-electron chi connectivity index (χ3n) is 11.5. The summed E-state index contributed by atoms with van der Waals surface area (Å²) in [5, 5.41) is 0. The number of hydrogen-bond donors (Lipinski definition) is 0. The van der Waals surface area contributed by atoms with Crippen LogP contribution < -0.4 is 0 Å². The summed E-state index contributed by atoms with van der Waals surface area (Å²) in [7, 11) is 0. The number of esters is 3. The van der Waals surface area contributed by atoms with Crippen LogP contribution in [0.5, 0.6) is 0 Å². The molecule has 0 aliphatic rings. The van der Waals surface area contributed by atoms with E-state index in [1.54, 1.807) is 0 Å². The number of unbranched alkanes of at least 4 members (excludes halogenated alkanes) is 32. The Morgan fingerprint density at radius 2 is 0.610 bits per heavy atom. The average Bonchev–Trinajstić information content (AvgIpc) is 3.23. The van der Waals surface area contributed by atoms with E-state index in [-0.39, 0.29) is 31.1 Å². The van der Waals surface area contributed by atoms with Crippen molar-refractivity contribution in [2.75, 3.05) is 13.2 Å². The smallest absolute Gasteiger partial charge is 0.306 e. The average molecular weight is 831 g/mol. The minimum Gasteiger partial charge on any atom is -0.462 e. The zero-order valence-electron chi connectivity index (χ0n) is 39.5. The Morgan fingerprint density at radius 1 is 0.339 bits per heavy atom. The third-order valence-corrected chi connectivity index (χ3v) is 11.5. The van der Waals surface area contributed by atoms with Gasteiger partial charge in [-0.1, -0.05) is 231 Å². The Hall–Kier alpha value is -2.11. The topological polar surface area (TPSA) is 78.9 Å². The summed E-state index contributed by atoms with van der Waals surface area (Å²) >= 11 is 0. The molecule has 0 aromatic heterocycles. The second kappa shape index (κ2) is 48.6. The van der Waals surface area contributed by atoms with Crippen molar-refractivity contribution < 1.29 is 28.6 Å². The summed E-state index contributed by atoms with van der Waals surface area (Å²) in [6.07, 6.45) is 54.4. The normalized spacial score (nSPS) is 12.1. The molecule has 0 saturated carbocycles. The predicted molar refractivity (Wildman–Crippen MR) is 252 cm³/mol. The molecule has 0 rings (SSSR count). The zero-order valence-corrected chi connectivity index (χ0v) is 39.5. The lowest BCUT2D eigenvalue weighted by atomic mass is 10.0. The summed E-state index contributed by atoms with van der Waals surface area (Å²) in [6, 6.07) is 0. The minimum absolute atomic E-state index is 0.0689. The number of rotatable bonds is 47. The standard InChI is InChI=1S/C53H98O6/c1-4-7-10-13-16-19-22-25-26-27-28-29-32-34-37-40-43-46-52(55)58-49-50(59-53(56)47-44-41-38-35-31-24-21-18-15-12-9-6-3)48-57-51(54)45-42-39-36-33-30-23-20-17-14-11-8-5-2/h16,19,25-26,50H,4-15,17-18,20-24,27-49H2,1-3H3/b19-16-,26-25-/t50-/m0/s1. The molecule has 0 aromatic carbocycles. The molecule has 59 heavy (non-hydrogen) atoms. The molecule has 0 unspecified atom stereocenters. The number of carbonyl (C=O) groups is 3. The van der Waals surface area contributed by atoms with E-state index in [9.17, 15) is 14.4 Å². The lowest BCUT2D eigenvalue weighted by molar-refractivity contribution is -0.167. The van der Waals surface area contributed by atoms with Gasteiger partial charge in [0.15, 0.2) is 6.10 Å². The SMILES string of the molecule is CCCCC/C=C\C/C=C\CCCCCCCCCC(=O)OC[C@H](COC(=O)CCCCCCCCCCCCCC)OC(=O)CCCCCCCCCCCCCC. The maximum atomic E-state index is 12.8. The minimum atomic E-state index is -0.767. The summed E-state index contributed by atoms with van der Waals surface area (Å²) in [4.78, 5) is 37.9. The van der Waals surface area contributed by atoms with Gasteiger partial charge in [0.25, 0.3) is 0 Å². The fraction of sp³-hybridized carbons (Fsp3) is 0.868. The summed E-state index contributed by atoms with van der Waals surface area (Å²) < 4.78 is 16.8. The van der Waals surface area contributed by atoms with Gasteiger partial charge in [0.2, 0.25) is 0 Å². The van der Waals surface area contributed by atoms with Gasteiger partial charge < -0.3 is 14.2 Å². The van der Waals surface area contributed by atoms with Crippen LogP contribution in [0.25, 0.3) is 0 Å². The van der Waals surface area contributed by atoms with Gasteiger partial charge in [0.1, 0.15) is 13.2 Å². The summed E-state index contributed by atoms with van der Waals surface area (Å²) in [5.74, 6) is -0.864. The first-order valence-corrected chi connectivity index (χ1v) is 25.8. The molecule has 0 bridgehead atoms. The van der Waals surface area contributed by atoms with E-state index in [1.165, 1.54) is 167 Å². The third kappa shape index (κ3) is 46.8. The highest BCUT2D eigenvalue weighted by Crippen LogP contribution is 2.16. The molecule has 1 atom stereocenters. The number of carbonyl (C=O) groups excluding carboxylic acids is 3. The molecule has 0 fully saturated rings. The fourth-order valence-corrected chi connectivity index (χ4v) is 7.53. The Balaban J connectivity index is 4.32. The van der Waals surface area contributed by atoms with E-state index in [0.717, 1.165) is 70.6 Å². The van der Waals surface area contributed by atoms with Crippen LogP contribution in [0.2, 0.25) is 0 Å². The van der Waals surface area contributed by atoms with Gasteiger partial charge in [-0.05, 0) is 51.4 Å². The predicted octanol–water partition coefficient (Wildman–Crippen LogP) is 16.8. The van der Waals surface area contributed by atoms with E-state index in [1.807, 2.05) is 0 Å². The second-order valence-corrected chi connectivity index (χ2v) is 17.4. The maximum absolute atomic E-state index is 12.8. The van der Waals surface area contributed by atoms with Crippen molar-refractivity contribution in [1.29, 1.82) is 0 Å². The highest BCUT2D eigenvalue weighted by molar-refractivity contribution is 5.71. The van der Waals surface area contributed by atoms with Crippen molar-refractivity contribution >= 4 is 17.9 Å². The monoisotopic (exact) mass is 831 g/mol. The van der Waals surface area contributed by atoms with Crippen molar-refractivity contribution in [3.05, 3.63) is 24.3 Å². The Kier molecular flexibility index (Phi) is 46.8. The van der Waals surface area contributed by atoms with E-state index in [4.69, 9.17) is 14.2 Å². The van der Waals surface area contributed by atoms with Crippen LogP contribution >= 0.6 is 0 Å². The molecule has 0 spiro atoms. The van der Waals surface area contributed by atoms with Crippen molar-refractivity contribution in [3.8, 4) is 0 Å². The number of allylic oxidation sites excluding steroid dienone is 4. The molecular weight excluding hydrogens is 733 g/mol. The highest BCUT2D eigenvalue weighted by Gasteiger charge is 2.19. The van der Waals surface area contributed by atoms with E-state index in [2.05, 4.69) is 45.1 Å². The Labute approximate surface area is 366 Å². The first-order chi connectivity index (χ1) is 29.0. The first-order valence-electron chi connectivity index (χ1n) is 25.8. The Morgan fingerprint density at radius 3 is 0.966 bits per heavy atom. The van der Waals surface area contributed by atoms with Crippen LogP contribution in [0, 0.1) is 0 Å². The maximum Gasteiger partial charge on any atom is 0.306 e. The number of ether oxygens (including phenoxy) is 3. The lowest BCUT2D eigenvalue weighted by Gasteiger charge is -2.18. The van der Waals surface area contributed by atoms with Crippen LogP contribution in [0.15, 0.2) is 24.3 Å². The van der Waals surface area contributed by atoms with E-state index < -0.39 is 6.10 Å². The van der Waals surface area contributed by atoms with Gasteiger partial charge in [-0.25, -0.2) is 0 Å². The van der Waals surface area contributed by atoms with E-state index >= 15 is 0 Å². The van der Waals surface area contributed by atoms with Gasteiger partial charge in [-0.15, -0.1) is 0 Å². The van der Waals surface area contributed by atoms with Crippen molar-refractivity contribution in [3.63, 3.8) is 0 Å². The lowest BCUT2D eigenvalue weighted by Crippen LogP contribution is -2.30. The quantitative estimate of drug-likeness (QED) is 0.0263. The van der Waals surface area contributed by atoms with E-state index in [0.29, 0.717) is 19.3 Å². The van der Waals surface area contributed by atoms with Crippen LogP contribution in [-0.2, 0) is 28.6 Å². The molecule has 0 aliphatic heterocycles. The van der Waals surface area contributed by atoms with Gasteiger partial charge in [0, 0.05) is 19.3 Å². The molecule has 0 amide bonds. The molecule has 0 radical (unpaired) electrons. The van der Waals surface area contributed by atoms with Crippen LogP contribution in [0.4, 0.5) is 0 Å². The van der Waals surface area contributed by atoms with Gasteiger partial charge in [0.05, 0.1) is 0 Å². The van der Waals surface area contributed by atoms with Crippen molar-refractivity contribution in [2.24, 2.45) is 0 Å². The van der Waals surface area contributed by atoms with Gasteiger partial charge >= 0.3 is 17.9 Å². The molecule has 0 N–H and O–H groups in total. The first kappa shape index (κ1) is 56.9. The van der Waals surface area contributed by atoms with Crippen LogP contribution in [0.1, 0.15) is 278 Å². The molecule has 0 saturated heterocycles. The largest absolute Gasteiger partial charge is 0.462 e. The Bertz CT molecular complexity index is 958. The van der Waals surface area contributed by atoms with Crippen molar-refractivity contribution in [2.45, 2.75) is 284 Å². The molecule has 0 heterocycles. The van der Waals surface area contributed by atoms with Crippen LogP contribution in [-0.4, -0.2) is 37.2 Å². The fourth-order valence-electron chi connectivity index (χ4n) is 7.53. The van der Waals surface area contributed by atoms with Crippen molar-refractivity contribution in [1.82, 2.24) is 0 Å². The summed E-state index contributed by atoms with van der Waals surface area (Å²) in [5.41, 5.74) is 0. The van der Waals surface area contributed by atoms with Gasteiger partial charge in [-0.2, -0.15) is 0 Å². The molecule has 6 nitrogen and oxygen atoms in total. The molecule has 346 valence electrons. The molecule has 0 aliphatic carbocycles. The molecule has 6 heteroatoms. The molecule has 0 aromatic rings. The highest BCUT2D eigenvalue weighted by atomic mass is 16.6. The second-order valence-electron chi connectivity index (χ2n) is 17.4.